The molecular formula is C19H22N2O3. The van der Waals surface area contributed by atoms with Crippen LogP contribution in [0, 0.1) is 6.92 Å². The van der Waals surface area contributed by atoms with Crippen molar-refractivity contribution in [3.8, 4) is 5.88 Å². The molecule has 0 unspecified atom stereocenters. The van der Waals surface area contributed by atoms with Gasteiger partial charge in [-0.1, -0.05) is 36.2 Å². The molecule has 2 heterocycles. The van der Waals surface area contributed by atoms with Crippen LogP contribution in [0.1, 0.15) is 48.3 Å². The minimum Gasteiger partial charge on any atom is -0.466 e. The molecule has 0 amide bonds. The molecule has 126 valence electrons. The van der Waals surface area contributed by atoms with E-state index in [9.17, 15) is 9.59 Å². The molecule has 1 aliphatic heterocycles. The Hall–Kier alpha value is -2.30. The fraction of sp³-hybridized carbons (Fsp3) is 0.474. The van der Waals surface area contributed by atoms with E-state index in [4.69, 9.17) is 4.74 Å². The first-order valence-electron chi connectivity index (χ1n) is 8.52. The van der Waals surface area contributed by atoms with Crippen LogP contribution in [-0.4, -0.2) is 9.13 Å². The Morgan fingerprint density at radius 1 is 1.08 bits per heavy atom. The number of aryl methyl sites for hydroxylation is 1. The monoisotopic (exact) mass is 326 g/mol. The summed E-state index contributed by atoms with van der Waals surface area (Å²) in [7, 11) is 3.22. The summed E-state index contributed by atoms with van der Waals surface area (Å²) in [5, 5.41) is 0. The van der Waals surface area contributed by atoms with Crippen LogP contribution in [0.15, 0.2) is 33.9 Å². The Balaban J connectivity index is 1.98. The molecule has 1 saturated carbocycles. The maximum Gasteiger partial charge on any atom is 0.333 e. The maximum atomic E-state index is 12.8. The molecular weight excluding hydrogens is 304 g/mol. The molecule has 1 aromatic carbocycles. The summed E-state index contributed by atoms with van der Waals surface area (Å²) in [6.07, 6.45) is 3.92. The highest BCUT2D eigenvalue weighted by Gasteiger charge is 2.53. The van der Waals surface area contributed by atoms with E-state index < -0.39 is 5.60 Å². The first kappa shape index (κ1) is 15.2. The number of fused-ring (bicyclic) bond motifs is 3. The smallest absolute Gasteiger partial charge is 0.333 e. The van der Waals surface area contributed by atoms with E-state index in [1.165, 1.54) is 14.7 Å². The van der Waals surface area contributed by atoms with Crippen molar-refractivity contribution in [3.63, 3.8) is 0 Å². The van der Waals surface area contributed by atoms with E-state index in [1.54, 1.807) is 14.1 Å². The lowest BCUT2D eigenvalue weighted by molar-refractivity contribution is 0.0261. The van der Waals surface area contributed by atoms with Gasteiger partial charge in [-0.05, 0) is 31.7 Å². The number of hydrogen-bond acceptors (Lipinski definition) is 3. The van der Waals surface area contributed by atoms with Gasteiger partial charge in [-0.3, -0.25) is 13.9 Å². The van der Waals surface area contributed by atoms with E-state index >= 15 is 0 Å². The van der Waals surface area contributed by atoms with Crippen molar-refractivity contribution < 1.29 is 4.74 Å². The Bertz CT molecular complexity index is 923. The van der Waals surface area contributed by atoms with Crippen molar-refractivity contribution in [1.29, 1.82) is 0 Å². The van der Waals surface area contributed by atoms with Crippen LogP contribution in [0.3, 0.4) is 0 Å². The van der Waals surface area contributed by atoms with Crippen LogP contribution in [0.5, 0.6) is 5.88 Å². The average molecular weight is 326 g/mol. The fourth-order valence-electron chi connectivity index (χ4n) is 4.33. The zero-order valence-corrected chi connectivity index (χ0v) is 14.3. The second-order valence-electron chi connectivity index (χ2n) is 7.08. The van der Waals surface area contributed by atoms with Gasteiger partial charge in [-0.2, -0.15) is 0 Å². The van der Waals surface area contributed by atoms with E-state index in [-0.39, 0.29) is 17.2 Å². The summed E-state index contributed by atoms with van der Waals surface area (Å²) < 4.78 is 9.10. The zero-order chi connectivity index (χ0) is 17.1. The Morgan fingerprint density at radius 2 is 1.79 bits per heavy atom. The molecule has 2 aliphatic rings. The highest BCUT2D eigenvalue weighted by molar-refractivity contribution is 5.43. The van der Waals surface area contributed by atoms with Gasteiger partial charge in [0.05, 0.1) is 5.56 Å². The van der Waals surface area contributed by atoms with Crippen molar-refractivity contribution in [2.24, 2.45) is 14.1 Å². The largest absolute Gasteiger partial charge is 0.466 e. The van der Waals surface area contributed by atoms with Gasteiger partial charge in [-0.15, -0.1) is 0 Å². The molecule has 0 radical (unpaired) electrons. The van der Waals surface area contributed by atoms with Gasteiger partial charge in [0.25, 0.3) is 5.56 Å². The van der Waals surface area contributed by atoms with Crippen LogP contribution < -0.4 is 16.0 Å². The van der Waals surface area contributed by atoms with Gasteiger partial charge >= 0.3 is 5.69 Å². The molecule has 1 aromatic heterocycles. The molecule has 5 heteroatoms. The summed E-state index contributed by atoms with van der Waals surface area (Å²) in [4.78, 5) is 25.1. The Kier molecular flexibility index (Phi) is 3.24. The predicted octanol–water partition coefficient (Wildman–Crippen LogP) is 2.34. The highest BCUT2D eigenvalue weighted by atomic mass is 16.5. The number of nitrogens with zero attached hydrogens (tertiary/aromatic N) is 2. The predicted molar refractivity (Wildman–Crippen MR) is 91.6 cm³/mol. The van der Waals surface area contributed by atoms with Crippen molar-refractivity contribution in [2.75, 3.05) is 0 Å². The van der Waals surface area contributed by atoms with Crippen LogP contribution in [-0.2, 0) is 19.7 Å². The van der Waals surface area contributed by atoms with Gasteiger partial charge in [0, 0.05) is 20.0 Å². The second-order valence-corrected chi connectivity index (χ2v) is 7.08. The van der Waals surface area contributed by atoms with Crippen molar-refractivity contribution in [1.82, 2.24) is 9.13 Å². The van der Waals surface area contributed by atoms with Crippen LogP contribution in [0.4, 0.5) is 0 Å². The van der Waals surface area contributed by atoms with Crippen molar-refractivity contribution in [3.05, 3.63) is 61.8 Å². The molecule has 4 rings (SSSR count). The molecule has 1 fully saturated rings. The van der Waals surface area contributed by atoms with E-state index in [2.05, 4.69) is 31.2 Å². The van der Waals surface area contributed by atoms with E-state index in [0.29, 0.717) is 11.4 Å². The van der Waals surface area contributed by atoms with Crippen molar-refractivity contribution >= 4 is 0 Å². The fourth-order valence-corrected chi connectivity index (χ4v) is 4.33. The first-order chi connectivity index (χ1) is 11.5. The molecule has 2 atom stereocenters. The summed E-state index contributed by atoms with van der Waals surface area (Å²) in [5.41, 5.74) is 1.89. The normalized spacial score (nSPS) is 25.0. The Morgan fingerprint density at radius 3 is 2.50 bits per heavy atom. The summed E-state index contributed by atoms with van der Waals surface area (Å²) in [6, 6.07) is 8.36. The number of ether oxygens (including phenoxy) is 1. The van der Waals surface area contributed by atoms with Crippen LogP contribution in [0.2, 0.25) is 0 Å². The highest BCUT2D eigenvalue weighted by Crippen LogP contribution is 2.55. The summed E-state index contributed by atoms with van der Waals surface area (Å²) in [5.74, 6) is 0.463. The maximum absolute atomic E-state index is 12.8. The lowest BCUT2D eigenvalue weighted by Crippen LogP contribution is -2.40. The molecule has 1 aliphatic carbocycles. The number of hydrogen-bond donors (Lipinski definition) is 0. The third-order valence-corrected chi connectivity index (χ3v) is 5.67. The Labute approximate surface area is 140 Å². The lowest BCUT2D eigenvalue weighted by atomic mass is 9.70. The summed E-state index contributed by atoms with van der Waals surface area (Å²) >= 11 is 0. The third kappa shape index (κ3) is 1.87. The van der Waals surface area contributed by atoms with E-state index in [1.807, 2.05) is 0 Å². The molecule has 0 saturated heterocycles. The molecule has 0 bridgehead atoms. The van der Waals surface area contributed by atoms with Gasteiger partial charge in [0.15, 0.2) is 0 Å². The van der Waals surface area contributed by atoms with Crippen molar-refractivity contribution in [2.45, 2.75) is 44.1 Å². The van der Waals surface area contributed by atoms with Crippen LogP contribution in [0.25, 0.3) is 0 Å². The third-order valence-electron chi connectivity index (χ3n) is 5.67. The standard InChI is InChI=1S/C19H22N2O3/c1-12-7-9-13(10-8-12)19-11-5-4-6-14(19)15-16(22)20(2)18(23)21(3)17(15)24-19/h7-10,14H,4-6,11H2,1-3H3/t14-,19+/m0/s1. The molecule has 2 aromatic rings. The van der Waals surface area contributed by atoms with Gasteiger partial charge in [0.2, 0.25) is 5.88 Å². The minimum absolute atomic E-state index is 0.00876. The number of rotatable bonds is 1. The summed E-state index contributed by atoms with van der Waals surface area (Å²) in [6.45, 7) is 2.06. The van der Waals surface area contributed by atoms with Gasteiger partial charge in [0.1, 0.15) is 5.60 Å². The van der Waals surface area contributed by atoms with Gasteiger partial charge < -0.3 is 4.74 Å². The lowest BCUT2D eigenvalue weighted by Gasteiger charge is -2.38. The minimum atomic E-state index is -0.522. The van der Waals surface area contributed by atoms with Crippen LogP contribution >= 0.6 is 0 Å². The van der Waals surface area contributed by atoms with E-state index in [0.717, 1.165) is 31.2 Å². The number of benzene rings is 1. The molecule has 24 heavy (non-hydrogen) atoms. The molecule has 0 N–H and O–H groups in total. The quantitative estimate of drug-likeness (QED) is 0.808. The molecule has 5 nitrogen and oxygen atoms in total. The second kappa shape index (κ2) is 5.10. The SMILES string of the molecule is Cc1ccc([C@]23CCCC[C@H]2c2c(n(C)c(=O)n(C)c2=O)O3)cc1. The first-order valence-corrected chi connectivity index (χ1v) is 8.52. The molecule has 0 spiro atoms. The topological polar surface area (TPSA) is 53.2 Å². The zero-order valence-electron chi connectivity index (χ0n) is 14.3. The average Bonchev–Trinajstić information content (AvgIpc) is 2.95. The van der Waals surface area contributed by atoms with Gasteiger partial charge in [-0.25, -0.2) is 4.79 Å². The number of aromatic nitrogens is 2.